The van der Waals surface area contributed by atoms with E-state index in [-0.39, 0.29) is 0 Å². The van der Waals surface area contributed by atoms with E-state index in [1.807, 2.05) is 41.0 Å². The average Bonchev–Trinajstić information content (AvgIpc) is 3.25. The van der Waals surface area contributed by atoms with Gasteiger partial charge < -0.3 is 0 Å². The highest BCUT2D eigenvalue weighted by Crippen LogP contribution is 2.34. The van der Waals surface area contributed by atoms with Crippen LogP contribution in [0.1, 0.15) is 0 Å². The molecule has 0 radical (unpaired) electrons. The summed E-state index contributed by atoms with van der Waals surface area (Å²) in [5.74, 6) is 0.787. The fraction of sp³-hybridized carbons (Fsp3) is 0. The monoisotopic (exact) mass is 287 g/mol. The lowest BCUT2D eigenvalue weighted by atomic mass is 10.0. The molecule has 2 heterocycles. The van der Waals surface area contributed by atoms with Crippen molar-refractivity contribution in [1.82, 2.24) is 25.0 Å². The van der Waals surface area contributed by atoms with Crippen LogP contribution >= 0.6 is 0 Å². The van der Waals surface area contributed by atoms with E-state index >= 15 is 0 Å². The molecule has 0 atom stereocenters. The van der Waals surface area contributed by atoms with Crippen LogP contribution in [0.5, 0.6) is 0 Å². The van der Waals surface area contributed by atoms with Crippen LogP contribution in [-0.2, 0) is 0 Å². The number of nitrogens with zero attached hydrogens (tertiary/aromatic N) is 4. The maximum Gasteiger partial charge on any atom is 0.169 e. The van der Waals surface area contributed by atoms with E-state index in [2.05, 4.69) is 44.7 Å². The van der Waals surface area contributed by atoms with Gasteiger partial charge in [0.2, 0.25) is 0 Å². The first-order valence-corrected chi connectivity index (χ1v) is 6.97. The fourth-order valence-corrected chi connectivity index (χ4v) is 2.52. The lowest BCUT2D eigenvalue weighted by Crippen LogP contribution is -1.93. The summed E-state index contributed by atoms with van der Waals surface area (Å²) in [7, 11) is 0. The van der Waals surface area contributed by atoms with Crippen LogP contribution in [0.15, 0.2) is 73.3 Å². The average molecular weight is 287 g/mol. The highest BCUT2D eigenvalue weighted by molar-refractivity contribution is 5.85. The number of aromatic nitrogens is 5. The van der Waals surface area contributed by atoms with Crippen LogP contribution in [0.25, 0.3) is 28.2 Å². The van der Waals surface area contributed by atoms with E-state index in [1.54, 1.807) is 12.7 Å². The minimum Gasteiger partial charge on any atom is -0.275 e. The first kappa shape index (κ1) is 12.5. The Hall–Kier alpha value is -3.21. The van der Waals surface area contributed by atoms with Gasteiger partial charge in [0, 0.05) is 5.56 Å². The predicted octanol–water partition coefficient (Wildman–Crippen LogP) is 3.32. The summed E-state index contributed by atoms with van der Waals surface area (Å²) in [5, 5.41) is 15.4. The fourth-order valence-electron chi connectivity index (χ4n) is 2.52. The molecule has 4 rings (SSSR count). The minimum absolute atomic E-state index is 0.787. The third kappa shape index (κ3) is 2.09. The molecule has 0 bridgehead atoms. The van der Waals surface area contributed by atoms with Crippen LogP contribution in [0.2, 0.25) is 0 Å². The van der Waals surface area contributed by atoms with Gasteiger partial charge >= 0.3 is 0 Å². The maximum absolute atomic E-state index is 4.47. The lowest BCUT2D eigenvalue weighted by molar-refractivity contribution is 0.956. The summed E-state index contributed by atoms with van der Waals surface area (Å²) < 4.78 is 1.81. The molecule has 0 unspecified atom stereocenters. The van der Waals surface area contributed by atoms with E-state index < -0.39 is 0 Å². The molecular formula is C17H13N5. The number of hydrogen-bond donors (Lipinski definition) is 1. The van der Waals surface area contributed by atoms with E-state index in [0.717, 1.165) is 28.2 Å². The van der Waals surface area contributed by atoms with Crippen LogP contribution in [0.4, 0.5) is 0 Å². The molecule has 0 fully saturated rings. The molecule has 22 heavy (non-hydrogen) atoms. The van der Waals surface area contributed by atoms with Gasteiger partial charge in [0.25, 0.3) is 0 Å². The van der Waals surface area contributed by atoms with Gasteiger partial charge in [0.05, 0.1) is 11.3 Å². The van der Waals surface area contributed by atoms with Gasteiger partial charge in [-0.25, -0.2) is 0 Å². The summed E-state index contributed by atoms with van der Waals surface area (Å²) >= 11 is 0. The van der Waals surface area contributed by atoms with Crippen LogP contribution in [-0.4, -0.2) is 25.0 Å². The zero-order valence-corrected chi connectivity index (χ0v) is 11.7. The number of benzene rings is 2. The molecule has 0 saturated heterocycles. The molecule has 106 valence electrons. The Bertz CT molecular complexity index is 864. The maximum atomic E-state index is 4.47. The van der Waals surface area contributed by atoms with Gasteiger partial charge in [0.1, 0.15) is 12.7 Å². The van der Waals surface area contributed by atoms with Gasteiger partial charge in [-0.3, -0.25) is 9.67 Å². The summed E-state index contributed by atoms with van der Waals surface area (Å²) in [6.45, 7) is 0. The molecule has 0 saturated carbocycles. The first-order chi connectivity index (χ1) is 10.9. The number of aromatic amines is 1. The molecule has 0 aliphatic rings. The Labute approximate surface area is 127 Å². The molecule has 2 aromatic carbocycles. The summed E-state index contributed by atoms with van der Waals surface area (Å²) in [5.41, 5.74) is 4.20. The second-order valence-electron chi connectivity index (χ2n) is 4.90. The zero-order valence-electron chi connectivity index (χ0n) is 11.7. The highest BCUT2D eigenvalue weighted by atomic mass is 15.3. The standard InChI is InChI=1S/C17H13N5/c1-3-7-13(8-4-1)15-16(14-9-5-2-6-10-14)20-21-17(15)22-11-18-19-12-22/h1-12H,(H,20,21). The number of hydrogen-bond acceptors (Lipinski definition) is 3. The smallest absolute Gasteiger partial charge is 0.169 e. The van der Waals surface area contributed by atoms with Crippen molar-refractivity contribution in [3.05, 3.63) is 73.3 Å². The normalized spacial score (nSPS) is 10.7. The van der Waals surface area contributed by atoms with E-state index in [0.29, 0.717) is 0 Å². The van der Waals surface area contributed by atoms with Crippen molar-refractivity contribution in [2.24, 2.45) is 0 Å². The molecule has 4 aromatic rings. The Morgan fingerprint density at radius 1 is 0.727 bits per heavy atom. The molecule has 5 heteroatoms. The largest absolute Gasteiger partial charge is 0.275 e. The van der Waals surface area contributed by atoms with Crippen molar-refractivity contribution < 1.29 is 0 Å². The quantitative estimate of drug-likeness (QED) is 0.629. The number of H-pyrrole nitrogens is 1. The summed E-state index contributed by atoms with van der Waals surface area (Å²) in [4.78, 5) is 0. The molecule has 5 nitrogen and oxygen atoms in total. The van der Waals surface area contributed by atoms with Crippen molar-refractivity contribution in [3.8, 4) is 28.2 Å². The lowest BCUT2D eigenvalue weighted by Gasteiger charge is -2.06. The highest BCUT2D eigenvalue weighted by Gasteiger charge is 2.17. The van der Waals surface area contributed by atoms with Gasteiger partial charge in [-0.1, -0.05) is 60.7 Å². The Balaban J connectivity index is 1.97. The van der Waals surface area contributed by atoms with E-state index in [4.69, 9.17) is 0 Å². The zero-order chi connectivity index (χ0) is 14.8. The second kappa shape index (κ2) is 5.29. The first-order valence-electron chi connectivity index (χ1n) is 6.97. The summed E-state index contributed by atoms with van der Waals surface area (Å²) in [6, 6.07) is 20.4. The Morgan fingerprint density at radius 3 is 1.95 bits per heavy atom. The molecule has 0 spiro atoms. The Morgan fingerprint density at radius 2 is 1.32 bits per heavy atom. The van der Waals surface area contributed by atoms with Crippen LogP contribution < -0.4 is 0 Å². The Kier molecular flexibility index (Phi) is 3.01. The van der Waals surface area contributed by atoms with Crippen molar-refractivity contribution in [3.63, 3.8) is 0 Å². The van der Waals surface area contributed by atoms with Crippen LogP contribution in [0, 0.1) is 0 Å². The second-order valence-corrected chi connectivity index (χ2v) is 4.90. The number of nitrogens with one attached hydrogen (secondary N) is 1. The molecular weight excluding hydrogens is 274 g/mol. The van der Waals surface area contributed by atoms with Crippen molar-refractivity contribution >= 4 is 0 Å². The number of rotatable bonds is 3. The molecule has 0 aliphatic heterocycles. The van der Waals surface area contributed by atoms with Crippen molar-refractivity contribution in [2.75, 3.05) is 0 Å². The predicted molar refractivity (Wildman–Crippen MR) is 84.4 cm³/mol. The van der Waals surface area contributed by atoms with Crippen LogP contribution in [0.3, 0.4) is 0 Å². The SMILES string of the molecule is c1ccc(-c2[nH]nc(-n3cnnc3)c2-c2ccccc2)cc1. The van der Waals surface area contributed by atoms with Gasteiger partial charge in [-0.05, 0) is 5.56 Å². The topological polar surface area (TPSA) is 59.4 Å². The van der Waals surface area contributed by atoms with Gasteiger partial charge in [0.15, 0.2) is 5.82 Å². The molecule has 2 aromatic heterocycles. The van der Waals surface area contributed by atoms with Crippen molar-refractivity contribution in [1.29, 1.82) is 0 Å². The molecule has 1 N–H and O–H groups in total. The molecule has 0 aliphatic carbocycles. The van der Waals surface area contributed by atoms with Gasteiger partial charge in [-0.2, -0.15) is 5.10 Å². The molecule has 0 amide bonds. The van der Waals surface area contributed by atoms with E-state index in [1.165, 1.54) is 0 Å². The van der Waals surface area contributed by atoms with E-state index in [9.17, 15) is 0 Å². The third-order valence-electron chi connectivity index (χ3n) is 3.54. The summed E-state index contributed by atoms with van der Waals surface area (Å²) in [6.07, 6.45) is 3.30. The van der Waals surface area contributed by atoms with Crippen molar-refractivity contribution in [2.45, 2.75) is 0 Å². The minimum atomic E-state index is 0.787. The third-order valence-corrected chi connectivity index (χ3v) is 3.54. The van der Waals surface area contributed by atoms with Gasteiger partial charge in [-0.15, -0.1) is 10.2 Å².